The first kappa shape index (κ1) is 24.5. The molecule has 0 aliphatic rings. The highest BCUT2D eigenvalue weighted by molar-refractivity contribution is 5.68. The maximum Gasteiger partial charge on any atom is 0.407 e. The Morgan fingerprint density at radius 2 is 1.50 bits per heavy atom. The minimum absolute atomic E-state index is 0.0907. The lowest BCUT2D eigenvalue weighted by molar-refractivity contribution is 0.0488. The van der Waals surface area contributed by atoms with E-state index in [9.17, 15) is 9.59 Å². The van der Waals surface area contributed by atoms with Gasteiger partial charge < -0.3 is 25.8 Å². The highest BCUT2D eigenvalue weighted by Crippen LogP contribution is 2.19. The van der Waals surface area contributed by atoms with Gasteiger partial charge in [-0.25, -0.2) is 9.59 Å². The van der Waals surface area contributed by atoms with Gasteiger partial charge in [-0.05, 0) is 73.3 Å². The van der Waals surface area contributed by atoms with Gasteiger partial charge in [0.2, 0.25) is 0 Å². The van der Waals surface area contributed by atoms with E-state index in [1.807, 2.05) is 48.5 Å². The molecule has 3 atom stereocenters. The Labute approximate surface area is 158 Å². The van der Waals surface area contributed by atoms with Gasteiger partial charge in [-0.2, -0.15) is 0 Å². The number of rotatable bonds is 8. The second-order valence-electron chi connectivity index (χ2n) is 8.82. The van der Waals surface area contributed by atoms with Gasteiger partial charge >= 0.3 is 12.2 Å². The van der Waals surface area contributed by atoms with E-state index in [-0.39, 0.29) is 17.9 Å². The zero-order valence-corrected chi connectivity index (χ0v) is 17.8. The van der Waals surface area contributed by atoms with Crippen LogP contribution in [0.2, 0.25) is 0 Å². The standard InChI is InChI=1S/C19H39N3O4/c1-9-14(12-21-16(23)25-18(3,4)5)10-15(11-20)13(2)22-17(24)26-19(6,7)8/h13-15H,9-12,20H2,1-8H3,(H,21,23)(H,22,24)/t13-,14?,15?/m1/s1. The number of ether oxygens (including phenoxy) is 2. The van der Waals surface area contributed by atoms with E-state index in [1.165, 1.54) is 0 Å². The summed E-state index contributed by atoms with van der Waals surface area (Å²) in [6.07, 6.45) is 0.828. The number of nitrogens with one attached hydrogen (secondary N) is 2. The molecule has 0 aliphatic heterocycles. The van der Waals surface area contributed by atoms with Crippen LogP contribution in [0.3, 0.4) is 0 Å². The molecule has 0 radical (unpaired) electrons. The van der Waals surface area contributed by atoms with Crippen LogP contribution in [0.25, 0.3) is 0 Å². The van der Waals surface area contributed by atoms with Crippen molar-refractivity contribution >= 4 is 12.2 Å². The highest BCUT2D eigenvalue weighted by atomic mass is 16.6. The first-order valence-electron chi connectivity index (χ1n) is 9.43. The second kappa shape index (κ2) is 10.6. The van der Waals surface area contributed by atoms with E-state index in [0.29, 0.717) is 13.1 Å². The first-order chi connectivity index (χ1) is 11.8. The summed E-state index contributed by atoms with van der Waals surface area (Å²) in [5.74, 6) is 0.340. The fraction of sp³-hybridized carbons (Fsp3) is 0.895. The van der Waals surface area contributed by atoms with Gasteiger partial charge in [0.1, 0.15) is 11.2 Å². The predicted octanol–water partition coefficient (Wildman–Crippen LogP) is 3.42. The molecule has 2 amide bonds. The normalized spacial score (nSPS) is 15.6. The number of amides is 2. The maximum atomic E-state index is 11.9. The molecule has 0 aliphatic carbocycles. The van der Waals surface area contributed by atoms with Crippen LogP contribution in [0.4, 0.5) is 9.59 Å². The third-order valence-corrected chi connectivity index (χ3v) is 3.90. The SMILES string of the molecule is CCC(CNC(=O)OC(C)(C)C)CC(CN)[C@@H](C)NC(=O)OC(C)(C)C. The Hall–Kier alpha value is -1.50. The van der Waals surface area contributed by atoms with Crippen LogP contribution in [0.15, 0.2) is 0 Å². The topological polar surface area (TPSA) is 103 Å². The first-order valence-corrected chi connectivity index (χ1v) is 9.43. The molecule has 7 nitrogen and oxygen atoms in total. The summed E-state index contributed by atoms with van der Waals surface area (Å²) in [6, 6.07) is -0.120. The number of alkyl carbamates (subject to hydrolysis) is 2. The summed E-state index contributed by atoms with van der Waals surface area (Å²) >= 11 is 0. The number of carbonyl (C=O) groups excluding carboxylic acids is 2. The van der Waals surface area contributed by atoms with Gasteiger partial charge in [0.15, 0.2) is 0 Å². The summed E-state index contributed by atoms with van der Waals surface area (Å²) < 4.78 is 10.6. The van der Waals surface area contributed by atoms with Gasteiger partial charge in [0.25, 0.3) is 0 Å². The van der Waals surface area contributed by atoms with Gasteiger partial charge in [0, 0.05) is 12.6 Å². The lowest BCUT2D eigenvalue weighted by Gasteiger charge is -2.29. The third-order valence-electron chi connectivity index (χ3n) is 3.90. The second-order valence-corrected chi connectivity index (χ2v) is 8.82. The number of nitrogens with two attached hydrogens (primary N) is 1. The zero-order chi connectivity index (χ0) is 20.5. The van der Waals surface area contributed by atoms with Crippen LogP contribution in [-0.4, -0.2) is 42.5 Å². The summed E-state index contributed by atoms with van der Waals surface area (Å²) in [4.78, 5) is 23.8. The molecule has 0 aromatic rings. The third kappa shape index (κ3) is 12.0. The van der Waals surface area contributed by atoms with Crippen molar-refractivity contribution in [3.63, 3.8) is 0 Å². The summed E-state index contributed by atoms with van der Waals surface area (Å²) in [6.45, 7) is 15.9. The lowest BCUT2D eigenvalue weighted by atomic mass is 9.88. The zero-order valence-electron chi connectivity index (χ0n) is 17.8. The van der Waals surface area contributed by atoms with Crippen LogP contribution < -0.4 is 16.4 Å². The van der Waals surface area contributed by atoms with E-state index in [4.69, 9.17) is 15.2 Å². The Morgan fingerprint density at radius 1 is 1.00 bits per heavy atom. The van der Waals surface area contributed by atoms with Crippen LogP contribution in [0, 0.1) is 11.8 Å². The van der Waals surface area contributed by atoms with E-state index in [2.05, 4.69) is 17.6 Å². The largest absolute Gasteiger partial charge is 0.444 e. The maximum absolute atomic E-state index is 11.9. The Morgan fingerprint density at radius 3 is 1.92 bits per heavy atom. The van der Waals surface area contributed by atoms with Crippen LogP contribution in [-0.2, 0) is 9.47 Å². The molecule has 154 valence electrons. The molecule has 0 aromatic carbocycles. The molecule has 4 N–H and O–H groups in total. The van der Waals surface area contributed by atoms with Gasteiger partial charge in [-0.3, -0.25) is 0 Å². The highest BCUT2D eigenvalue weighted by Gasteiger charge is 2.25. The van der Waals surface area contributed by atoms with Gasteiger partial charge in [0.05, 0.1) is 0 Å². The molecule has 0 heterocycles. The van der Waals surface area contributed by atoms with Crippen molar-refractivity contribution in [1.82, 2.24) is 10.6 Å². The van der Waals surface area contributed by atoms with Crippen LogP contribution >= 0.6 is 0 Å². The van der Waals surface area contributed by atoms with E-state index in [1.54, 1.807) is 0 Å². The lowest BCUT2D eigenvalue weighted by Crippen LogP contribution is -2.44. The summed E-state index contributed by atoms with van der Waals surface area (Å²) in [7, 11) is 0. The summed E-state index contributed by atoms with van der Waals surface area (Å²) in [5, 5.41) is 5.68. The van der Waals surface area contributed by atoms with Crippen molar-refractivity contribution in [3.05, 3.63) is 0 Å². The van der Waals surface area contributed by atoms with E-state index in [0.717, 1.165) is 12.8 Å². The minimum Gasteiger partial charge on any atom is -0.444 e. The molecule has 0 saturated carbocycles. The molecule has 0 fully saturated rings. The molecule has 26 heavy (non-hydrogen) atoms. The monoisotopic (exact) mass is 373 g/mol. The van der Waals surface area contributed by atoms with Crippen molar-refractivity contribution in [3.8, 4) is 0 Å². The van der Waals surface area contributed by atoms with Crippen molar-refractivity contribution in [2.45, 2.75) is 85.5 Å². The predicted molar refractivity (Wildman–Crippen MR) is 104 cm³/mol. The smallest absolute Gasteiger partial charge is 0.407 e. The molecule has 0 bridgehead atoms. The molecular weight excluding hydrogens is 334 g/mol. The van der Waals surface area contributed by atoms with Gasteiger partial charge in [-0.15, -0.1) is 0 Å². The molecule has 0 spiro atoms. The minimum atomic E-state index is -0.536. The van der Waals surface area contributed by atoms with Crippen molar-refractivity contribution < 1.29 is 19.1 Å². The van der Waals surface area contributed by atoms with Crippen molar-refractivity contribution in [2.24, 2.45) is 17.6 Å². The van der Waals surface area contributed by atoms with Crippen molar-refractivity contribution in [2.75, 3.05) is 13.1 Å². The summed E-state index contributed by atoms with van der Waals surface area (Å²) in [5.41, 5.74) is 4.86. The molecule has 0 rings (SSSR count). The quantitative estimate of drug-likeness (QED) is 0.605. The fourth-order valence-corrected chi connectivity index (χ4v) is 2.48. The molecule has 0 saturated heterocycles. The number of hydrogen-bond acceptors (Lipinski definition) is 5. The van der Waals surface area contributed by atoms with E-state index < -0.39 is 23.4 Å². The van der Waals surface area contributed by atoms with Crippen molar-refractivity contribution in [1.29, 1.82) is 0 Å². The van der Waals surface area contributed by atoms with Crippen LogP contribution in [0.5, 0.6) is 0 Å². The molecule has 7 heteroatoms. The van der Waals surface area contributed by atoms with Gasteiger partial charge in [-0.1, -0.05) is 13.3 Å². The van der Waals surface area contributed by atoms with E-state index >= 15 is 0 Å². The molecule has 2 unspecified atom stereocenters. The average Bonchev–Trinajstić information content (AvgIpc) is 2.43. The average molecular weight is 374 g/mol. The Balaban J connectivity index is 4.55. The Kier molecular flexibility index (Phi) is 9.99. The fourth-order valence-electron chi connectivity index (χ4n) is 2.48. The van der Waals surface area contributed by atoms with Crippen LogP contribution in [0.1, 0.15) is 68.2 Å². The molecular formula is C19H39N3O4. The number of hydrogen-bond donors (Lipinski definition) is 3. The Bertz CT molecular complexity index is 441. The number of carbonyl (C=O) groups is 2. The molecule has 0 aromatic heterocycles.